The van der Waals surface area contributed by atoms with Gasteiger partial charge in [-0.15, -0.1) is 0 Å². The van der Waals surface area contributed by atoms with E-state index in [1.54, 1.807) is 37.3 Å². The molecule has 0 atom stereocenters. The lowest BCUT2D eigenvalue weighted by molar-refractivity contribution is -0.137. The molecule has 1 amide bonds. The molecule has 8 heteroatoms. The lowest BCUT2D eigenvalue weighted by atomic mass is 10.1. The number of hydrogen-bond acceptors (Lipinski definition) is 3. The maximum Gasteiger partial charge on any atom is 0.416 e. The number of amides is 1. The first kappa shape index (κ1) is 20.0. The Balaban J connectivity index is 1.65. The van der Waals surface area contributed by atoms with Crippen LogP contribution in [-0.4, -0.2) is 11.6 Å². The van der Waals surface area contributed by atoms with E-state index < -0.39 is 11.7 Å². The molecule has 0 saturated carbocycles. The van der Waals surface area contributed by atoms with Gasteiger partial charge in [0.1, 0.15) is 11.5 Å². The van der Waals surface area contributed by atoms with Crippen LogP contribution in [-0.2, 0) is 11.0 Å². The van der Waals surface area contributed by atoms with E-state index >= 15 is 0 Å². The zero-order valence-corrected chi connectivity index (χ0v) is 16.3. The number of furan rings is 1. The summed E-state index contributed by atoms with van der Waals surface area (Å²) in [5, 5.41) is 5.69. The average Bonchev–Trinajstić information content (AvgIpc) is 3.28. The quantitative estimate of drug-likeness (QED) is 0.450. The maximum atomic E-state index is 13.0. The number of hydrazone groups is 1. The fraction of sp³-hybridized carbons (Fsp3) is 0.0909. The number of nitrogens with zero attached hydrogens (tertiary/aromatic N) is 2. The normalized spacial score (nSPS) is 15.8. The molecule has 1 aromatic heterocycles. The van der Waals surface area contributed by atoms with E-state index in [4.69, 9.17) is 16.0 Å². The first-order valence-electron chi connectivity index (χ1n) is 8.88. The molecule has 152 valence electrons. The standard InChI is InChI=1S/C22H14ClF3N2O2/c1-13-17(21(29)28(27-13)15-5-3-2-4-6-15)12-16-8-10-20(30-16)18-11-14(22(24,25)26)7-9-19(18)23/h2-12H,1H3. The van der Waals surface area contributed by atoms with Crippen molar-refractivity contribution in [2.45, 2.75) is 13.1 Å². The first-order valence-corrected chi connectivity index (χ1v) is 9.25. The molecule has 0 spiro atoms. The molecule has 0 saturated heterocycles. The van der Waals surface area contributed by atoms with E-state index in [1.807, 2.05) is 6.07 Å². The molecule has 0 bridgehead atoms. The third kappa shape index (κ3) is 3.76. The molecule has 0 aliphatic carbocycles. The van der Waals surface area contributed by atoms with Gasteiger partial charge in [0.2, 0.25) is 0 Å². The monoisotopic (exact) mass is 430 g/mol. The van der Waals surface area contributed by atoms with Gasteiger partial charge in [0.25, 0.3) is 5.91 Å². The third-order valence-electron chi connectivity index (χ3n) is 4.54. The molecule has 0 radical (unpaired) electrons. The predicted octanol–water partition coefficient (Wildman–Crippen LogP) is 6.42. The molecule has 2 aromatic carbocycles. The number of anilines is 1. The van der Waals surface area contributed by atoms with Crippen LogP contribution in [0.1, 0.15) is 18.2 Å². The van der Waals surface area contributed by atoms with Gasteiger partial charge in [-0.05, 0) is 55.5 Å². The van der Waals surface area contributed by atoms with Crippen molar-refractivity contribution in [2.24, 2.45) is 5.10 Å². The summed E-state index contributed by atoms with van der Waals surface area (Å²) in [4.78, 5) is 12.8. The van der Waals surface area contributed by atoms with E-state index in [1.165, 1.54) is 23.2 Å². The zero-order valence-electron chi connectivity index (χ0n) is 15.6. The van der Waals surface area contributed by atoms with Gasteiger partial charge < -0.3 is 4.42 Å². The number of para-hydroxylation sites is 1. The van der Waals surface area contributed by atoms with Gasteiger partial charge in [-0.1, -0.05) is 29.8 Å². The van der Waals surface area contributed by atoms with Gasteiger partial charge in [0, 0.05) is 5.56 Å². The first-order chi connectivity index (χ1) is 14.2. The van der Waals surface area contributed by atoms with Crippen LogP contribution in [0.15, 0.2) is 75.8 Å². The summed E-state index contributed by atoms with van der Waals surface area (Å²) >= 11 is 6.07. The molecule has 30 heavy (non-hydrogen) atoms. The highest BCUT2D eigenvalue weighted by molar-refractivity contribution is 6.33. The van der Waals surface area contributed by atoms with Crippen LogP contribution in [0, 0.1) is 0 Å². The summed E-state index contributed by atoms with van der Waals surface area (Å²) in [6.45, 7) is 1.69. The smallest absolute Gasteiger partial charge is 0.416 e. The number of rotatable bonds is 3. The minimum Gasteiger partial charge on any atom is -0.457 e. The van der Waals surface area contributed by atoms with E-state index in [9.17, 15) is 18.0 Å². The number of carbonyl (C=O) groups is 1. The van der Waals surface area contributed by atoms with Gasteiger partial charge in [0.05, 0.1) is 27.6 Å². The van der Waals surface area contributed by atoms with Crippen molar-refractivity contribution < 1.29 is 22.4 Å². The molecule has 2 heterocycles. The minimum atomic E-state index is -4.50. The van der Waals surface area contributed by atoms with E-state index in [2.05, 4.69) is 5.10 Å². The Morgan fingerprint density at radius 2 is 1.80 bits per heavy atom. The lowest BCUT2D eigenvalue weighted by Crippen LogP contribution is -2.21. The second-order valence-corrected chi connectivity index (χ2v) is 7.00. The maximum absolute atomic E-state index is 13.0. The molecular formula is C22H14ClF3N2O2. The SMILES string of the molecule is CC1=NN(c2ccccc2)C(=O)C1=Cc1ccc(-c2cc(C(F)(F)F)ccc2Cl)o1. The van der Waals surface area contributed by atoms with Crippen molar-refractivity contribution in [3.8, 4) is 11.3 Å². The summed E-state index contributed by atoms with van der Waals surface area (Å²) in [5.74, 6) is 0.137. The van der Waals surface area contributed by atoms with Crippen LogP contribution >= 0.6 is 11.6 Å². The van der Waals surface area contributed by atoms with Crippen molar-refractivity contribution in [3.63, 3.8) is 0 Å². The van der Waals surface area contributed by atoms with E-state index in [0.29, 0.717) is 22.7 Å². The third-order valence-corrected chi connectivity index (χ3v) is 4.87. The molecule has 4 nitrogen and oxygen atoms in total. The number of alkyl halides is 3. The highest BCUT2D eigenvalue weighted by Crippen LogP contribution is 2.37. The highest BCUT2D eigenvalue weighted by atomic mass is 35.5. The number of halogens is 4. The Kier molecular flexibility index (Phi) is 4.99. The van der Waals surface area contributed by atoms with Gasteiger partial charge in [-0.2, -0.15) is 23.3 Å². The Hall–Kier alpha value is -3.32. The van der Waals surface area contributed by atoms with Crippen molar-refractivity contribution in [1.29, 1.82) is 0 Å². The van der Waals surface area contributed by atoms with E-state index in [-0.39, 0.29) is 22.3 Å². The molecule has 4 rings (SSSR count). The van der Waals surface area contributed by atoms with Gasteiger partial charge in [-0.25, -0.2) is 0 Å². The topological polar surface area (TPSA) is 45.8 Å². The summed E-state index contributed by atoms with van der Waals surface area (Å²) in [6, 6.07) is 15.0. The van der Waals surface area contributed by atoms with Crippen LogP contribution in [0.25, 0.3) is 17.4 Å². The number of hydrogen-bond donors (Lipinski definition) is 0. The van der Waals surface area contributed by atoms with Crippen molar-refractivity contribution in [1.82, 2.24) is 0 Å². The molecular weight excluding hydrogens is 417 g/mol. The summed E-state index contributed by atoms with van der Waals surface area (Å²) in [6.07, 6.45) is -2.99. The van der Waals surface area contributed by atoms with Gasteiger partial charge in [-0.3, -0.25) is 4.79 Å². The summed E-state index contributed by atoms with van der Waals surface area (Å²) in [5.41, 5.74) is 0.741. The van der Waals surface area contributed by atoms with Crippen LogP contribution in [0.3, 0.4) is 0 Å². The van der Waals surface area contributed by atoms with Crippen molar-refractivity contribution in [2.75, 3.05) is 5.01 Å². The Bertz CT molecular complexity index is 1180. The predicted molar refractivity (Wildman–Crippen MR) is 109 cm³/mol. The molecule has 0 fully saturated rings. The molecule has 3 aromatic rings. The fourth-order valence-electron chi connectivity index (χ4n) is 3.04. The Morgan fingerprint density at radius 1 is 1.07 bits per heavy atom. The number of carbonyl (C=O) groups excluding carboxylic acids is 1. The lowest BCUT2D eigenvalue weighted by Gasteiger charge is -2.10. The number of benzene rings is 2. The highest BCUT2D eigenvalue weighted by Gasteiger charge is 2.32. The Labute approximate surface area is 174 Å². The molecule has 0 unspecified atom stereocenters. The second kappa shape index (κ2) is 7.50. The van der Waals surface area contributed by atoms with Crippen molar-refractivity contribution >= 4 is 35.0 Å². The zero-order chi connectivity index (χ0) is 21.5. The van der Waals surface area contributed by atoms with Crippen LogP contribution in [0.4, 0.5) is 18.9 Å². The Morgan fingerprint density at radius 3 is 2.50 bits per heavy atom. The molecule has 1 aliphatic heterocycles. The van der Waals surface area contributed by atoms with E-state index in [0.717, 1.165) is 12.1 Å². The fourth-order valence-corrected chi connectivity index (χ4v) is 3.25. The average molecular weight is 431 g/mol. The van der Waals surface area contributed by atoms with Crippen LogP contribution in [0.5, 0.6) is 0 Å². The molecule has 0 N–H and O–H groups in total. The minimum absolute atomic E-state index is 0.116. The summed E-state index contributed by atoms with van der Waals surface area (Å²) < 4.78 is 44.7. The van der Waals surface area contributed by atoms with Gasteiger partial charge >= 0.3 is 6.18 Å². The van der Waals surface area contributed by atoms with Crippen LogP contribution in [0.2, 0.25) is 5.02 Å². The van der Waals surface area contributed by atoms with Gasteiger partial charge in [0.15, 0.2) is 0 Å². The van der Waals surface area contributed by atoms with Crippen LogP contribution < -0.4 is 5.01 Å². The second-order valence-electron chi connectivity index (χ2n) is 6.59. The van der Waals surface area contributed by atoms with Crippen molar-refractivity contribution in [3.05, 3.63) is 82.6 Å². The summed E-state index contributed by atoms with van der Waals surface area (Å²) in [7, 11) is 0. The largest absolute Gasteiger partial charge is 0.457 e. The molecule has 1 aliphatic rings.